The topological polar surface area (TPSA) is 138 Å². The van der Waals surface area contributed by atoms with Crippen LogP contribution >= 0.6 is 23.2 Å². The molecule has 0 saturated carbocycles. The lowest BCUT2D eigenvalue weighted by atomic mass is 9.97. The summed E-state index contributed by atoms with van der Waals surface area (Å²) in [4.78, 5) is 39.8. The zero-order chi connectivity index (χ0) is 32.7. The summed E-state index contributed by atoms with van der Waals surface area (Å²) in [6.45, 7) is 13.8. The van der Waals surface area contributed by atoms with E-state index in [0.29, 0.717) is 36.1 Å². The van der Waals surface area contributed by atoms with Gasteiger partial charge in [-0.3, -0.25) is 9.80 Å². The first-order valence-corrected chi connectivity index (χ1v) is 16.3. The molecule has 0 spiro atoms. The maximum absolute atomic E-state index is 12.0. The van der Waals surface area contributed by atoms with E-state index in [0.717, 1.165) is 69.8 Å². The van der Waals surface area contributed by atoms with E-state index in [-0.39, 0.29) is 28.2 Å². The third-order valence-electron chi connectivity index (χ3n) is 8.12. The molecule has 2 aliphatic heterocycles. The number of hydrogen-bond acceptors (Lipinski definition) is 10. The summed E-state index contributed by atoms with van der Waals surface area (Å²) in [7, 11) is 1.27. The molecule has 2 saturated heterocycles. The van der Waals surface area contributed by atoms with Crippen molar-refractivity contribution in [3.63, 3.8) is 0 Å². The number of carbonyl (C=O) groups excluding carboxylic acids is 2. The third kappa shape index (κ3) is 9.48. The Bertz CT molecular complexity index is 1330. The van der Waals surface area contributed by atoms with Crippen molar-refractivity contribution in [2.24, 2.45) is 0 Å². The van der Waals surface area contributed by atoms with E-state index in [9.17, 15) is 9.59 Å². The van der Waals surface area contributed by atoms with E-state index in [4.69, 9.17) is 38.4 Å². The highest BCUT2D eigenvalue weighted by molar-refractivity contribution is 6.32. The molecule has 248 valence electrons. The second kappa shape index (κ2) is 15.5. The first kappa shape index (κ1) is 34.8. The van der Waals surface area contributed by atoms with Gasteiger partial charge in [0.2, 0.25) is 0 Å². The van der Waals surface area contributed by atoms with Gasteiger partial charge in [0.1, 0.15) is 12.4 Å². The summed E-state index contributed by atoms with van der Waals surface area (Å²) in [6.07, 6.45) is 3.11. The van der Waals surface area contributed by atoms with Crippen LogP contribution in [0.4, 0.5) is 16.4 Å². The van der Waals surface area contributed by atoms with E-state index in [2.05, 4.69) is 42.2 Å². The fraction of sp³-hybridized carbons (Fsp3) is 0.613. The summed E-state index contributed by atoms with van der Waals surface area (Å²) in [5.74, 6) is 0.593. The zero-order valence-corrected chi connectivity index (χ0v) is 28.4. The number of likely N-dealkylation sites (tertiary alicyclic amines) is 1. The molecule has 12 nitrogen and oxygen atoms in total. The van der Waals surface area contributed by atoms with Crippen LogP contribution in [0.1, 0.15) is 63.0 Å². The van der Waals surface area contributed by atoms with Crippen molar-refractivity contribution in [2.45, 2.75) is 71.1 Å². The number of ether oxygens (including phenoxy) is 2. The highest BCUT2D eigenvalue weighted by atomic mass is 35.5. The lowest BCUT2D eigenvalue weighted by molar-refractivity contribution is 0.0593. The number of piperazine rings is 1. The second-order valence-electron chi connectivity index (χ2n) is 12.5. The quantitative estimate of drug-likeness (QED) is 0.250. The minimum absolute atomic E-state index is 0.0125. The minimum atomic E-state index is -0.661. The molecule has 4 rings (SSSR count). The van der Waals surface area contributed by atoms with Crippen molar-refractivity contribution in [3.05, 3.63) is 39.6 Å². The van der Waals surface area contributed by atoms with Gasteiger partial charge in [-0.2, -0.15) is 0 Å². The molecule has 2 aliphatic rings. The molecule has 14 heteroatoms. The molecule has 4 N–H and O–H groups in total. The monoisotopic (exact) mass is 664 g/mol. The fourth-order valence-electron chi connectivity index (χ4n) is 5.93. The Morgan fingerprint density at radius 2 is 1.84 bits per heavy atom. The number of anilines is 2. The molecular formula is C31H46Cl2N8O4. The van der Waals surface area contributed by atoms with Gasteiger partial charge in [-0.15, -0.1) is 0 Å². The van der Waals surface area contributed by atoms with Gasteiger partial charge in [0.25, 0.3) is 0 Å². The Balaban J connectivity index is 1.29. The number of nitrogen functional groups attached to an aromatic ring is 1. The normalized spacial score (nSPS) is 18.5. The number of nitrogens with one attached hydrogen (secondary N) is 2. The number of urea groups is 1. The predicted molar refractivity (Wildman–Crippen MR) is 177 cm³/mol. The summed E-state index contributed by atoms with van der Waals surface area (Å²) in [5.41, 5.74) is 6.73. The number of nitrogens with zero attached hydrogens (tertiary/aromatic N) is 5. The van der Waals surface area contributed by atoms with Crippen molar-refractivity contribution in [3.8, 4) is 5.75 Å². The first-order chi connectivity index (χ1) is 21.4. The molecule has 3 heterocycles. The standard InChI is InChI=1S/C31H46Cl2N8O4/c1-6-22-19-40(28-26(33)36-25(27(34)37-28)29(42)44-5)14-15-41(22)23-9-12-39(13-10-23)18-20-7-8-21(32)17-24(20)45-16-11-35-30(43)38-31(2,3)4/h7-8,17,22-23H,6,9-16,18-19H2,1-5H3,(H2,34,37)(H2,35,38,43)/t22-/m0/s1. The number of hydrogen-bond donors (Lipinski definition) is 3. The van der Waals surface area contributed by atoms with E-state index in [1.165, 1.54) is 7.11 Å². The highest BCUT2D eigenvalue weighted by Crippen LogP contribution is 2.31. The van der Waals surface area contributed by atoms with E-state index < -0.39 is 5.97 Å². The Labute approximate surface area is 275 Å². The molecule has 2 fully saturated rings. The van der Waals surface area contributed by atoms with Crippen molar-refractivity contribution in [1.82, 2.24) is 30.4 Å². The predicted octanol–water partition coefficient (Wildman–Crippen LogP) is 4.19. The Morgan fingerprint density at radius 3 is 2.51 bits per heavy atom. The smallest absolute Gasteiger partial charge is 0.360 e. The number of halogens is 2. The highest BCUT2D eigenvalue weighted by Gasteiger charge is 2.34. The van der Waals surface area contributed by atoms with Gasteiger partial charge in [-0.1, -0.05) is 36.2 Å². The summed E-state index contributed by atoms with van der Waals surface area (Å²) >= 11 is 12.7. The van der Waals surface area contributed by atoms with Gasteiger partial charge >= 0.3 is 12.0 Å². The number of piperidine rings is 1. The van der Waals surface area contributed by atoms with Crippen molar-refractivity contribution >= 4 is 46.8 Å². The van der Waals surface area contributed by atoms with Crippen LogP contribution in [0.2, 0.25) is 10.2 Å². The number of aromatic nitrogens is 2. The molecule has 0 radical (unpaired) electrons. The lowest BCUT2D eigenvalue weighted by Gasteiger charge is -2.47. The van der Waals surface area contributed by atoms with Crippen LogP contribution in [0.3, 0.4) is 0 Å². The number of methoxy groups -OCH3 is 1. The van der Waals surface area contributed by atoms with E-state index in [1.54, 1.807) is 0 Å². The molecule has 1 aromatic heterocycles. The van der Waals surface area contributed by atoms with E-state index >= 15 is 0 Å². The maximum Gasteiger partial charge on any atom is 0.360 e. The summed E-state index contributed by atoms with van der Waals surface area (Å²) in [6, 6.07) is 6.34. The maximum atomic E-state index is 12.0. The average molecular weight is 666 g/mol. The van der Waals surface area contributed by atoms with Crippen LogP contribution in [0.25, 0.3) is 0 Å². The molecular weight excluding hydrogens is 619 g/mol. The largest absolute Gasteiger partial charge is 0.491 e. The molecule has 0 bridgehead atoms. The van der Waals surface area contributed by atoms with E-state index in [1.807, 2.05) is 39.0 Å². The minimum Gasteiger partial charge on any atom is -0.491 e. The van der Waals surface area contributed by atoms with Crippen LogP contribution in [0.15, 0.2) is 18.2 Å². The van der Waals surface area contributed by atoms with Gasteiger partial charge in [-0.25, -0.2) is 19.6 Å². The van der Waals surface area contributed by atoms with Gasteiger partial charge in [0.05, 0.1) is 13.7 Å². The van der Waals surface area contributed by atoms with Crippen LogP contribution < -0.4 is 26.0 Å². The van der Waals surface area contributed by atoms with Crippen molar-refractivity contribution in [1.29, 1.82) is 0 Å². The molecule has 1 atom stereocenters. The van der Waals surface area contributed by atoms with Gasteiger partial charge < -0.3 is 30.7 Å². The Kier molecular flexibility index (Phi) is 12.0. The van der Waals surface area contributed by atoms with Gasteiger partial charge in [0.15, 0.2) is 22.5 Å². The van der Waals surface area contributed by atoms with Crippen LogP contribution in [0, 0.1) is 0 Å². The number of amides is 2. The Hall–Kier alpha value is -3.06. The van der Waals surface area contributed by atoms with Gasteiger partial charge in [-0.05, 0) is 65.3 Å². The number of esters is 1. The molecule has 0 unspecified atom stereocenters. The number of carbonyl (C=O) groups is 2. The van der Waals surface area contributed by atoms with Crippen LogP contribution in [-0.4, -0.2) is 102 Å². The van der Waals surface area contributed by atoms with Gasteiger partial charge in [0, 0.05) is 54.4 Å². The van der Waals surface area contributed by atoms with Crippen molar-refractivity contribution in [2.75, 3.05) is 63.6 Å². The molecule has 2 aromatic rings. The molecule has 1 aromatic carbocycles. The van der Waals surface area contributed by atoms with Crippen LogP contribution in [-0.2, 0) is 11.3 Å². The van der Waals surface area contributed by atoms with Crippen LogP contribution in [0.5, 0.6) is 5.75 Å². The number of rotatable bonds is 10. The third-order valence-corrected chi connectivity index (χ3v) is 8.61. The number of nitrogens with two attached hydrogens (primary N) is 1. The summed E-state index contributed by atoms with van der Waals surface area (Å²) in [5, 5.41) is 6.47. The molecule has 2 amide bonds. The summed E-state index contributed by atoms with van der Waals surface area (Å²) < 4.78 is 10.8. The number of benzene rings is 1. The SMILES string of the molecule is CC[C@H]1CN(c2nc(N)c(C(=O)OC)nc2Cl)CCN1C1CCN(Cc2ccc(Cl)cc2OCCNC(=O)NC(C)(C)C)CC1. The van der Waals surface area contributed by atoms with Crippen molar-refractivity contribution < 1.29 is 19.1 Å². The average Bonchev–Trinajstić information content (AvgIpc) is 3.00. The lowest BCUT2D eigenvalue weighted by Crippen LogP contribution is -2.58. The Morgan fingerprint density at radius 1 is 1.11 bits per heavy atom. The zero-order valence-electron chi connectivity index (χ0n) is 26.9. The second-order valence-corrected chi connectivity index (χ2v) is 13.3. The first-order valence-electron chi connectivity index (χ1n) is 15.5. The molecule has 45 heavy (non-hydrogen) atoms. The molecule has 0 aliphatic carbocycles. The fourth-order valence-corrected chi connectivity index (χ4v) is 6.33.